The van der Waals surface area contributed by atoms with Crippen molar-refractivity contribution in [2.75, 3.05) is 7.11 Å². The maximum atomic E-state index is 12.2. The fourth-order valence-corrected chi connectivity index (χ4v) is 3.31. The van der Waals surface area contributed by atoms with E-state index >= 15 is 0 Å². The van der Waals surface area contributed by atoms with Crippen molar-refractivity contribution in [2.24, 2.45) is 0 Å². The predicted octanol–water partition coefficient (Wildman–Crippen LogP) is 3.69. The average molecular weight is 286 g/mol. The molecule has 2 aliphatic heterocycles. The monoisotopic (exact) mass is 286 g/mol. The molecule has 2 aliphatic rings. The molecule has 0 saturated carbocycles. The quantitative estimate of drug-likeness (QED) is 0.795. The smallest absolute Gasteiger partial charge is 0.336 e. The summed E-state index contributed by atoms with van der Waals surface area (Å²) >= 11 is 0. The number of carbonyl (C=O) groups excluding carboxylic acids is 1. The lowest BCUT2D eigenvalue weighted by atomic mass is 9.90. The zero-order valence-electron chi connectivity index (χ0n) is 12.9. The van der Waals surface area contributed by atoms with Gasteiger partial charge in [0.15, 0.2) is 0 Å². The van der Waals surface area contributed by atoms with Crippen LogP contribution in [-0.2, 0) is 14.3 Å². The van der Waals surface area contributed by atoms with Crippen molar-refractivity contribution in [1.82, 2.24) is 0 Å². The van der Waals surface area contributed by atoms with Crippen LogP contribution in [0.2, 0.25) is 0 Å². The molecule has 2 bridgehead atoms. The van der Waals surface area contributed by atoms with Gasteiger partial charge in [0, 0.05) is 0 Å². The van der Waals surface area contributed by atoms with Crippen LogP contribution in [0, 0.1) is 0 Å². The van der Waals surface area contributed by atoms with E-state index in [1.54, 1.807) is 0 Å². The maximum Gasteiger partial charge on any atom is 0.336 e. The summed E-state index contributed by atoms with van der Waals surface area (Å²) in [6.45, 7) is 4.37. The van der Waals surface area contributed by atoms with E-state index in [0.29, 0.717) is 5.92 Å². The van der Waals surface area contributed by atoms with E-state index in [4.69, 9.17) is 9.47 Å². The van der Waals surface area contributed by atoms with Crippen molar-refractivity contribution in [2.45, 2.75) is 51.2 Å². The molecule has 2 heterocycles. The third-order valence-corrected chi connectivity index (χ3v) is 4.52. The highest BCUT2D eigenvalue weighted by Crippen LogP contribution is 2.41. The molecule has 21 heavy (non-hydrogen) atoms. The standard InChI is InChI=1S/C18H22O3/c1-11(2)12-4-6-13(7-5-12)15-10-14-8-9-16(21-14)17(15)18(19)20-3/h4-7,11,14,16H,8-10H2,1-3H3/t14?,16-/m0/s1. The van der Waals surface area contributed by atoms with Gasteiger partial charge >= 0.3 is 5.97 Å². The Hall–Kier alpha value is -1.61. The number of hydrogen-bond acceptors (Lipinski definition) is 3. The molecule has 1 unspecified atom stereocenters. The van der Waals surface area contributed by atoms with Crippen LogP contribution in [0.5, 0.6) is 0 Å². The molecule has 0 radical (unpaired) electrons. The lowest BCUT2D eigenvalue weighted by Gasteiger charge is -2.26. The second-order valence-electron chi connectivity index (χ2n) is 6.19. The predicted molar refractivity (Wildman–Crippen MR) is 82.0 cm³/mol. The summed E-state index contributed by atoms with van der Waals surface area (Å²) < 4.78 is 10.9. The molecular weight excluding hydrogens is 264 g/mol. The fourth-order valence-electron chi connectivity index (χ4n) is 3.31. The topological polar surface area (TPSA) is 35.5 Å². The summed E-state index contributed by atoms with van der Waals surface area (Å²) in [7, 11) is 1.44. The minimum Gasteiger partial charge on any atom is -0.466 e. The van der Waals surface area contributed by atoms with Crippen molar-refractivity contribution in [3.8, 4) is 0 Å². The molecule has 0 aliphatic carbocycles. The van der Waals surface area contributed by atoms with Gasteiger partial charge in [-0.15, -0.1) is 0 Å². The SMILES string of the molecule is COC(=O)C1=C(c2ccc(C(C)C)cc2)CC2CC[C@@H]1O2. The largest absolute Gasteiger partial charge is 0.466 e. The van der Waals surface area contributed by atoms with Crippen LogP contribution in [-0.4, -0.2) is 25.3 Å². The number of fused-ring (bicyclic) bond motifs is 2. The lowest BCUT2D eigenvalue weighted by molar-refractivity contribution is -0.137. The summed E-state index contributed by atoms with van der Waals surface area (Å²) in [5.41, 5.74) is 4.27. The Balaban J connectivity index is 2.01. The minimum atomic E-state index is -0.247. The molecule has 2 atom stereocenters. The van der Waals surface area contributed by atoms with E-state index in [0.717, 1.165) is 36.0 Å². The number of methoxy groups -OCH3 is 1. The first-order valence-corrected chi connectivity index (χ1v) is 7.67. The lowest BCUT2D eigenvalue weighted by Crippen LogP contribution is -2.26. The summed E-state index contributed by atoms with van der Waals surface area (Å²) in [6.07, 6.45) is 2.92. The van der Waals surface area contributed by atoms with Crippen molar-refractivity contribution in [3.63, 3.8) is 0 Å². The molecule has 0 N–H and O–H groups in total. The number of ether oxygens (including phenoxy) is 2. The minimum absolute atomic E-state index is 0.0871. The van der Waals surface area contributed by atoms with Gasteiger partial charge in [-0.2, -0.15) is 0 Å². The zero-order valence-corrected chi connectivity index (χ0v) is 12.9. The molecule has 0 spiro atoms. The molecule has 0 amide bonds. The Morgan fingerprint density at radius 3 is 2.57 bits per heavy atom. The van der Waals surface area contributed by atoms with Crippen LogP contribution in [0.25, 0.3) is 5.57 Å². The van der Waals surface area contributed by atoms with Gasteiger partial charge in [0.2, 0.25) is 0 Å². The molecule has 1 saturated heterocycles. The first-order chi connectivity index (χ1) is 10.1. The van der Waals surface area contributed by atoms with Crippen LogP contribution in [0.3, 0.4) is 0 Å². The highest BCUT2D eigenvalue weighted by Gasteiger charge is 2.39. The Morgan fingerprint density at radius 1 is 1.24 bits per heavy atom. The van der Waals surface area contributed by atoms with Crippen LogP contribution in [0.1, 0.15) is 50.2 Å². The zero-order chi connectivity index (χ0) is 15.0. The van der Waals surface area contributed by atoms with Crippen molar-refractivity contribution < 1.29 is 14.3 Å². The molecule has 1 aromatic rings. The first-order valence-electron chi connectivity index (χ1n) is 7.67. The highest BCUT2D eigenvalue weighted by molar-refractivity contribution is 5.99. The van der Waals surface area contributed by atoms with Gasteiger partial charge < -0.3 is 9.47 Å². The molecule has 0 aromatic heterocycles. The summed E-state index contributed by atoms with van der Waals surface area (Å²) in [5, 5.41) is 0. The number of rotatable bonds is 3. The van der Waals surface area contributed by atoms with Gasteiger partial charge in [0.1, 0.15) is 0 Å². The van der Waals surface area contributed by atoms with Gasteiger partial charge in [-0.25, -0.2) is 4.79 Å². The number of benzene rings is 1. The van der Waals surface area contributed by atoms with Crippen LogP contribution in [0.15, 0.2) is 29.8 Å². The van der Waals surface area contributed by atoms with E-state index in [9.17, 15) is 4.79 Å². The summed E-state index contributed by atoms with van der Waals surface area (Å²) in [4.78, 5) is 12.2. The molecule has 3 heteroatoms. The third kappa shape index (κ3) is 2.62. The Morgan fingerprint density at radius 2 is 1.95 bits per heavy atom. The third-order valence-electron chi connectivity index (χ3n) is 4.52. The van der Waals surface area contributed by atoms with Gasteiger partial charge in [-0.1, -0.05) is 38.1 Å². The van der Waals surface area contributed by atoms with Gasteiger partial charge in [-0.3, -0.25) is 0 Å². The summed E-state index contributed by atoms with van der Waals surface area (Å²) in [6, 6.07) is 8.55. The molecule has 3 nitrogen and oxygen atoms in total. The van der Waals surface area contributed by atoms with Gasteiger partial charge in [-0.05, 0) is 41.9 Å². The van der Waals surface area contributed by atoms with E-state index in [1.807, 2.05) is 0 Å². The van der Waals surface area contributed by atoms with Crippen molar-refractivity contribution >= 4 is 11.5 Å². The number of carbonyl (C=O) groups is 1. The van der Waals surface area contributed by atoms with Crippen molar-refractivity contribution in [3.05, 3.63) is 41.0 Å². The summed E-state index contributed by atoms with van der Waals surface area (Å²) in [5.74, 6) is 0.266. The molecule has 3 rings (SSSR count). The van der Waals surface area contributed by atoms with E-state index in [1.165, 1.54) is 12.7 Å². The van der Waals surface area contributed by atoms with E-state index in [2.05, 4.69) is 38.1 Å². The van der Waals surface area contributed by atoms with Crippen LogP contribution >= 0.6 is 0 Å². The maximum absolute atomic E-state index is 12.2. The molecular formula is C18H22O3. The normalized spacial score (nSPS) is 24.6. The molecule has 1 fully saturated rings. The highest BCUT2D eigenvalue weighted by atomic mass is 16.5. The van der Waals surface area contributed by atoms with Crippen LogP contribution in [0.4, 0.5) is 0 Å². The fraction of sp³-hybridized carbons (Fsp3) is 0.500. The molecule has 1 aromatic carbocycles. The van der Waals surface area contributed by atoms with Crippen LogP contribution < -0.4 is 0 Å². The number of hydrogen-bond donors (Lipinski definition) is 0. The number of esters is 1. The first kappa shape index (κ1) is 14.3. The second-order valence-corrected chi connectivity index (χ2v) is 6.19. The van der Waals surface area contributed by atoms with Gasteiger partial charge in [0.05, 0.1) is 24.9 Å². The Bertz CT molecular complexity index is 569. The van der Waals surface area contributed by atoms with E-state index < -0.39 is 0 Å². The average Bonchev–Trinajstić information content (AvgIpc) is 2.88. The Kier molecular flexibility index (Phi) is 3.85. The van der Waals surface area contributed by atoms with Gasteiger partial charge in [0.25, 0.3) is 0 Å². The molecule has 112 valence electrons. The van der Waals surface area contributed by atoms with Crippen molar-refractivity contribution in [1.29, 1.82) is 0 Å². The van der Waals surface area contributed by atoms with E-state index in [-0.39, 0.29) is 18.2 Å². The Labute approximate surface area is 125 Å². The second kappa shape index (κ2) is 5.64.